The fourth-order valence-electron chi connectivity index (χ4n) is 3.20. The normalized spacial score (nSPS) is 20.8. The van der Waals surface area contributed by atoms with Gasteiger partial charge >= 0.3 is 0 Å². The molecule has 6 heteroatoms. The van der Waals surface area contributed by atoms with E-state index in [-0.39, 0.29) is 30.6 Å². The van der Waals surface area contributed by atoms with Crippen LogP contribution in [0.2, 0.25) is 5.02 Å². The first-order valence-corrected chi connectivity index (χ1v) is 7.56. The Hall–Kier alpha value is -0.190. The number of phenols is 1. The van der Waals surface area contributed by atoms with Gasteiger partial charge in [0.15, 0.2) is 0 Å². The van der Waals surface area contributed by atoms with E-state index in [9.17, 15) is 5.11 Å². The largest absolute Gasteiger partial charge is 0.506 e. The standard InChI is InChI=1S/C15H21ClN2O.2ClH/c16-13-10-12(4-5-14(13)19)15(11-2-1-3-11)18-8-6-17-7-9-18;;/h4-5,10-11,15,17,19H,1-3,6-9H2;2*1H/t15-;;/m1../s1. The SMILES string of the molecule is Cl.Cl.Oc1ccc([C@@H](C2CCC2)N2CCNCC2)cc1Cl. The lowest BCUT2D eigenvalue weighted by Gasteiger charge is -2.43. The molecule has 0 amide bonds. The number of aromatic hydroxyl groups is 1. The Morgan fingerprint density at radius 1 is 1.19 bits per heavy atom. The molecule has 1 saturated heterocycles. The smallest absolute Gasteiger partial charge is 0.134 e. The van der Waals surface area contributed by atoms with Gasteiger partial charge in [-0.05, 0) is 36.5 Å². The highest BCUT2D eigenvalue weighted by Gasteiger charge is 2.33. The second-order valence-electron chi connectivity index (χ2n) is 5.63. The van der Waals surface area contributed by atoms with Gasteiger partial charge in [-0.15, -0.1) is 24.8 Å². The van der Waals surface area contributed by atoms with Gasteiger partial charge in [0.25, 0.3) is 0 Å². The quantitative estimate of drug-likeness (QED) is 0.871. The minimum Gasteiger partial charge on any atom is -0.506 e. The predicted octanol–water partition coefficient (Wildman–Crippen LogP) is 3.64. The lowest BCUT2D eigenvalue weighted by atomic mass is 9.76. The van der Waals surface area contributed by atoms with E-state index in [0.29, 0.717) is 11.1 Å². The van der Waals surface area contributed by atoms with Crippen molar-refractivity contribution in [3.8, 4) is 5.75 Å². The first kappa shape index (κ1) is 18.9. The molecule has 1 aromatic carbocycles. The average molecular weight is 354 g/mol. The molecular formula is C15H23Cl3N2O. The van der Waals surface area contributed by atoms with Crippen LogP contribution in [-0.4, -0.2) is 36.2 Å². The van der Waals surface area contributed by atoms with Crippen LogP contribution in [0, 0.1) is 5.92 Å². The van der Waals surface area contributed by atoms with Crippen LogP contribution < -0.4 is 5.32 Å². The molecule has 2 N–H and O–H groups in total. The maximum atomic E-state index is 9.59. The molecule has 21 heavy (non-hydrogen) atoms. The Labute approximate surface area is 143 Å². The maximum absolute atomic E-state index is 9.59. The topological polar surface area (TPSA) is 35.5 Å². The molecule has 1 aromatic rings. The zero-order valence-corrected chi connectivity index (χ0v) is 14.3. The minimum atomic E-state index is 0. The zero-order chi connectivity index (χ0) is 13.2. The van der Waals surface area contributed by atoms with E-state index >= 15 is 0 Å². The molecule has 1 atom stereocenters. The van der Waals surface area contributed by atoms with Crippen molar-refractivity contribution in [2.24, 2.45) is 5.92 Å². The monoisotopic (exact) mass is 352 g/mol. The number of rotatable bonds is 3. The number of hydrogen-bond acceptors (Lipinski definition) is 3. The third-order valence-electron chi connectivity index (χ3n) is 4.45. The molecule has 1 heterocycles. The third-order valence-corrected chi connectivity index (χ3v) is 4.76. The van der Waals surface area contributed by atoms with Gasteiger partial charge in [0.2, 0.25) is 0 Å². The summed E-state index contributed by atoms with van der Waals surface area (Å²) in [5, 5.41) is 13.5. The van der Waals surface area contributed by atoms with Crippen molar-refractivity contribution in [2.45, 2.75) is 25.3 Å². The van der Waals surface area contributed by atoms with Crippen molar-refractivity contribution in [3.63, 3.8) is 0 Å². The Kier molecular flexibility index (Phi) is 7.58. The van der Waals surface area contributed by atoms with E-state index in [0.717, 1.165) is 32.1 Å². The van der Waals surface area contributed by atoms with Gasteiger partial charge in [-0.1, -0.05) is 24.1 Å². The second kappa shape index (κ2) is 8.44. The van der Waals surface area contributed by atoms with E-state index < -0.39 is 0 Å². The predicted molar refractivity (Wildman–Crippen MR) is 92.1 cm³/mol. The Morgan fingerprint density at radius 3 is 2.38 bits per heavy atom. The second-order valence-corrected chi connectivity index (χ2v) is 6.04. The molecule has 1 aliphatic carbocycles. The zero-order valence-electron chi connectivity index (χ0n) is 11.9. The lowest BCUT2D eigenvalue weighted by molar-refractivity contribution is 0.0837. The summed E-state index contributed by atoms with van der Waals surface area (Å²) < 4.78 is 0. The summed E-state index contributed by atoms with van der Waals surface area (Å²) in [5.74, 6) is 0.928. The first-order chi connectivity index (χ1) is 9.25. The highest BCUT2D eigenvalue weighted by molar-refractivity contribution is 6.32. The van der Waals surface area contributed by atoms with Crippen LogP contribution in [0.4, 0.5) is 0 Å². The van der Waals surface area contributed by atoms with Crippen molar-refractivity contribution in [1.29, 1.82) is 0 Å². The minimum absolute atomic E-state index is 0. The molecule has 0 radical (unpaired) electrons. The summed E-state index contributed by atoms with van der Waals surface area (Å²) in [5.41, 5.74) is 1.26. The molecule has 0 bridgehead atoms. The first-order valence-electron chi connectivity index (χ1n) is 7.19. The summed E-state index contributed by atoms with van der Waals surface area (Å²) in [6.07, 6.45) is 3.97. The summed E-state index contributed by atoms with van der Waals surface area (Å²) in [4.78, 5) is 2.57. The van der Waals surface area contributed by atoms with Gasteiger partial charge in [0.05, 0.1) is 5.02 Å². The van der Waals surface area contributed by atoms with Crippen LogP contribution in [0.5, 0.6) is 5.75 Å². The van der Waals surface area contributed by atoms with E-state index in [4.69, 9.17) is 11.6 Å². The number of halogens is 3. The molecule has 3 rings (SSSR count). The van der Waals surface area contributed by atoms with Gasteiger partial charge in [-0.25, -0.2) is 0 Å². The lowest BCUT2D eigenvalue weighted by Crippen LogP contribution is -2.47. The number of phenolic OH excluding ortho intramolecular Hbond substituents is 1. The number of hydrogen-bond donors (Lipinski definition) is 2. The number of piperazine rings is 1. The summed E-state index contributed by atoms with van der Waals surface area (Å²) in [6, 6.07) is 6.17. The molecule has 3 nitrogen and oxygen atoms in total. The summed E-state index contributed by atoms with van der Waals surface area (Å²) >= 11 is 6.08. The van der Waals surface area contributed by atoms with E-state index in [1.165, 1.54) is 24.8 Å². The van der Waals surface area contributed by atoms with Crippen LogP contribution in [0.1, 0.15) is 30.9 Å². The Bertz CT molecular complexity index is 449. The Balaban J connectivity index is 0.00000110. The molecule has 2 aliphatic rings. The number of nitrogens with one attached hydrogen (secondary N) is 1. The van der Waals surface area contributed by atoms with Gasteiger partial charge in [-0.2, -0.15) is 0 Å². The number of nitrogens with zero attached hydrogens (tertiary/aromatic N) is 1. The van der Waals surface area contributed by atoms with Crippen LogP contribution in [0.15, 0.2) is 18.2 Å². The van der Waals surface area contributed by atoms with Crippen LogP contribution >= 0.6 is 36.4 Å². The molecule has 1 aliphatic heterocycles. The van der Waals surface area contributed by atoms with Crippen molar-refractivity contribution in [1.82, 2.24) is 10.2 Å². The van der Waals surface area contributed by atoms with Crippen molar-refractivity contribution in [2.75, 3.05) is 26.2 Å². The summed E-state index contributed by atoms with van der Waals surface area (Å²) in [7, 11) is 0. The van der Waals surface area contributed by atoms with Gasteiger partial charge in [0, 0.05) is 32.2 Å². The van der Waals surface area contributed by atoms with Crippen LogP contribution in [0.25, 0.3) is 0 Å². The van der Waals surface area contributed by atoms with Crippen molar-refractivity contribution < 1.29 is 5.11 Å². The van der Waals surface area contributed by atoms with Crippen molar-refractivity contribution in [3.05, 3.63) is 28.8 Å². The Morgan fingerprint density at radius 2 is 1.86 bits per heavy atom. The van der Waals surface area contributed by atoms with Crippen LogP contribution in [0.3, 0.4) is 0 Å². The van der Waals surface area contributed by atoms with Gasteiger partial charge < -0.3 is 10.4 Å². The van der Waals surface area contributed by atoms with E-state index in [2.05, 4.69) is 10.2 Å². The fourth-order valence-corrected chi connectivity index (χ4v) is 3.39. The molecule has 0 spiro atoms. The highest BCUT2D eigenvalue weighted by Crippen LogP contribution is 2.42. The molecule has 2 fully saturated rings. The molecule has 0 unspecified atom stereocenters. The third kappa shape index (κ3) is 4.17. The van der Waals surface area contributed by atoms with Crippen LogP contribution in [-0.2, 0) is 0 Å². The highest BCUT2D eigenvalue weighted by atomic mass is 35.5. The molecule has 1 saturated carbocycles. The molecule has 0 aromatic heterocycles. The van der Waals surface area contributed by atoms with E-state index in [1.807, 2.05) is 12.1 Å². The van der Waals surface area contributed by atoms with Gasteiger partial charge in [-0.3, -0.25) is 4.90 Å². The number of benzene rings is 1. The van der Waals surface area contributed by atoms with E-state index in [1.54, 1.807) is 6.07 Å². The maximum Gasteiger partial charge on any atom is 0.134 e. The average Bonchev–Trinajstić information content (AvgIpc) is 2.38. The fraction of sp³-hybridized carbons (Fsp3) is 0.600. The van der Waals surface area contributed by atoms with Crippen molar-refractivity contribution >= 4 is 36.4 Å². The van der Waals surface area contributed by atoms with Gasteiger partial charge in [0.1, 0.15) is 5.75 Å². The molecule has 120 valence electrons. The molecular weight excluding hydrogens is 331 g/mol. The summed E-state index contributed by atoms with van der Waals surface area (Å²) in [6.45, 7) is 4.32.